The quantitative estimate of drug-likeness (QED) is 0.386. The predicted octanol–water partition coefficient (Wildman–Crippen LogP) is 4.79. The molecule has 7 heteroatoms. The molecule has 0 saturated heterocycles. The van der Waals surface area contributed by atoms with Gasteiger partial charge in [0, 0.05) is 47.2 Å². The highest BCUT2D eigenvalue weighted by Gasteiger charge is 2.31. The summed E-state index contributed by atoms with van der Waals surface area (Å²) >= 11 is 0. The van der Waals surface area contributed by atoms with Crippen molar-refractivity contribution in [3.05, 3.63) is 105 Å². The number of nitrogens with one attached hydrogen (secondary N) is 1. The zero-order valence-corrected chi connectivity index (χ0v) is 19.8. The first kappa shape index (κ1) is 22.1. The van der Waals surface area contributed by atoms with Crippen LogP contribution in [-0.4, -0.2) is 32.4 Å². The van der Waals surface area contributed by atoms with E-state index in [4.69, 9.17) is 4.42 Å². The summed E-state index contributed by atoms with van der Waals surface area (Å²) in [6.45, 7) is 2.74. The van der Waals surface area contributed by atoms with Crippen molar-refractivity contribution in [1.29, 1.82) is 0 Å². The lowest BCUT2D eigenvalue weighted by molar-refractivity contribution is -0.132. The molecule has 0 aliphatic carbocycles. The van der Waals surface area contributed by atoms with Gasteiger partial charge < -0.3 is 19.4 Å². The fourth-order valence-corrected chi connectivity index (χ4v) is 5.34. The molecule has 1 unspecified atom stereocenters. The molecule has 0 radical (unpaired) electrons. The third-order valence-corrected chi connectivity index (χ3v) is 7.06. The average molecular weight is 480 g/mol. The number of H-pyrrole nitrogens is 1. The van der Waals surface area contributed by atoms with E-state index < -0.39 is 17.1 Å². The molecule has 5 aromatic rings. The predicted molar refractivity (Wildman–Crippen MR) is 137 cm³/mol. The second-order valence-electron chi connectivity index (χ2n) is 9.30. The van der Waals surface area contributed by atoms with Crippen molar-refractivity contribution in [2.75, 3.05) is 6.54 Å². The van der Waals surface area contributed by atoms with Gasteiger partial charge in [-0.2, -0.15) is 0 Å². The number of carbonyl (C=O) groups excluding carboxylic acids is 1. The van der Waals surface area contributed by atoms with Gasteiger partial charge in [0.05, 0.1) is 18.0 Å². The smallest absolute Gasteiger partial charge is 0.227 e. The van der Waals surface area contributed by atoms with Crippen LogP contribution >= 0.6 is 0 Å². The Bertz CT molecular complexity index is 1680. The van der Waals surface area contributed by atoms with Crippen LogP contribution in [0.15, 0.2) is 76.1 Å². The Morgan fingerprint density at radius 3 is 2.78 bits per heavy atom. The number of pyridine rings is 1. The number of aryl methyl sites for hydroxylation is 1. The van der Waals surface area contributed by atoms with E-state index in [0.717, 1.165) is 34.1 Å². The van der Waals surface area contributed by atoms with Gasteiger partial charge in [0.15, 0.2) is 5.76 Å². The van der Waals surface area contributed by atoms with Crippen LogP contribution in [0.3, 0.4) is 0 Å². The van der Waals surface area contributed by atoms with Crippen LogP contribution in [0.1, 0.15) is 40.7 Å². The fourth-order valence-electron chi connectivity index (χ4n) is 5.34. The van der Waals surface area contributed by atoms with E-state index in [9.17, 15) is 14.7 Å². The number of nitrogens with zero attached hydrogens (tertiary/aromatic N) is 2. The Morgan fingerprint density at radius 2 is 1.92 bits per heavy atom. The van der Waals surface area contributed by atoms with Crippen molar-refractivity contribution >= 4 is 27.7 Å². The van der Waals surface area contributed by atoms with E-state index in [1.165, 1.54) is 17.0 Å². The lowest BCUT2D eigenvalue weighted by Gasteiger charge is -2.29. The molecule has 1 aliphatic heterocycles. The van der Waals surface area contributed by atoms with Gasteiger partial charge in [-0.3, -0.25) is 14.6 Å². The highest BCUT2D eigenvalue weighted by molar-refractivity contribution is 5.87. The number of para-hydroxylation sites is 2. The average Bonchev–Trinajstić information content (AvgIpc) is 3.27. The molecule has 1 atom stereocenters. The zero-order chi connectivity index (χ0) is 24.8. The minimum Gasteiger partial charge on any atom is -0.502 e. The number of benzene rings is 2. The third kappa shape index (κ3) is 3.73. The molecule has 0 fully saturated rings. The van der Waals surface area contributed by atoms with Gasteiger partial charge in [0.1, 0.15) is 5.76 Å². The first-order chi connectivity index (χ1) is 17.5. The number of carbonyl (C=O) groups is 1. The standard InChI is InChI=1S/C29H25N3O4/c1-17-14-26(33)28(35)29(36-17)22(18-10-12-30-23-8-4-2-6-19(18)23)15-27(34)32-13-11-21-20-7-3-5-9-24(20)31-25(21)16-32/h2-10,12,14,22,31,35H,11,13,15-16H2,1H3. The molecule has 36 heavy (non-hydrogen) atoms. The highest BCUT2D eigenvalue weighted by atomic mass is 16.4. The van der Waals surface area contributed by atoms with Gasteiger partial charge in [-0.25, -0.2) is 0 Å². The highest BCUT2D eigenvalue weighted by Crippen LogP contribution is 2.37. The Hall–Kier alpha value is -4.39. The maximum Gasteiger partial charge on any atom is 0.227 e. The van der Waals surface area contributed by atoms with Crippen molar-refractivity contribution < 1.29 is 14.3 Å². The summed E-state index contributed by atoms with van der Waals surface area (Å²) in [4.78, 5) is 35.9. The topological polar surface area (TPSA) is 99.4 Å². The van der Waals surface area contributed by atoms with Crippen molar-refractivity contribution in [3.8, 4) is 5.75 Å². The van der Waals surface area contributed by atoms with Crippen LogP contribution < -0.4 is 5.43 Å². The molecular weight excluding hydrogens is 454 g/mol. The molecule has 7 nitrogen and oxygen atoms in total. The van der Waals surface area contributed by atoms with Crippen LogP contribution in [0, 0.1) is 6.92 Å². The zero-order valence-electron chi connectivity index (χ0n) is 19.8. The maximum absolute atomic E-state index is 13.7. The summed E-state index contributed by atoms with van der Waals surface area (Å²) in [5.74, 6) is -0.705. The van der Waals surface area contributed by atoms with Gasteiger partial charge in [-0.05, 0) is 42.7 Å². The van der Waals surface area contributed by atoms with E-state index >= 15 is 0 Å². The first-order valence-corrected chi connectivity index (χ1v) is 12.0. The summed E-state index contributed by atoms with van der Waals surface area (Å²) in [6, 6.07) is 18.9. The first-order valence-electron chi connectivity index (χ1n) is 12.0. The Labute approximate surface area is 207 Å². The Morgan fingerprint density at radius 1 is 1.14 bits per heavy atom. The van der Waals surface area contributed by atoms with Crippen LogP contribution in [0.2, 0.25) is 0 Å². The lowest BCUT2D eigenvalue weighted by Crippen LogP contribution is -2.36. The van der Waals surface area contributed by atoms with Crippen molar-refractivity contribution in [2.24, 2.45) is 0 Å². The van der Waals surface area contributed by atoms with Crippen molar-refractivity contribution in [3.63, 3.8) is 0 Å². The number of rotatable bonds is 4. The summed E-state index contributed by atoms with van der Waals surface area (Å²) in [6.07, 6.45) is 2.49. The van der Waals surface area contributed by atoms with Gasteiger partial charge in [0.25, 0.3) is 0 Å². The van der Waals surface area contributed by atoms with Crippen molar-refractivity contribution in [2.45, 2.75) is 32.2 Å². The number of aromatic amines is 1. The third-order valence-electron chi connectivity index (χ3n) is 7.06. The van der Waals surface area contributed by atoms with Gasteiger partial charge in [0.2, 0.25) is 17.1 Å². The van der Waals surface area contributed by atoms with Crippen LogP contribution in [0.4, 0.5) is 0 Å². The van der Waals surface area contributed by atoms with E-state index in [-0.39, 0.29) is 18.1 Å². The molecule has 180 valence electrons. The van der Waals surface area contributed by atoms with E-state index in [2.05, 4.69) is 16.0 Å². The molecule has 0 saturated carbocycles. The van der Waals surface area contributed by atoms with Gasteiger partial charge in [-0.1, -0.05) is 36.4 Å². The number of hydrogen-bond donors (Lipinski definition) is 2. The van der Waals surface area contributed by atoms with E-state index in [0.29, 0.717) is 18.8 Å². The van der Waals surface area contributed by atoms with E-state index in [1.807, 2.05) is 53.4 Å². The largest absolute Gasteiger partial charge is 0.502 e. The Balaban J connectivity index is 1.39. The second kappa shape index (κ2) is 8.68. The van der Waals surface area contributed by atoms with E-state index in [1.54, 1.807) is 13.1 Å². The molecule has 4 heterocycles. The minimum atomic E-state index is -0.651. The molecule has 2 aromatic carbocycles. The molecular formula is C29H25N3O4. The Kier molecular flexibility index (Phi) is 5.33. The SMILES string of the molecule is Cc1cc(=O)c(O)c(C(CC(=O)N2CCc3c([nH]c4ccccc34)C2)c2ccnc3ccccc23)o1. The number of amides is 1. The second-order valence-corrected chi connectivity index (χ2v) is 9.30. The fraction of sp³-hybridized carbons (Fsp3) is 0.207. The summed E-state index contributed by atoms with van der Waals surface area (Å²) < 4.78 is 5.89. The van der Waals surface area contributed by atoms with Crippen LogP contribution in [0.5, 0.6) is 5.75 Å². The monoisotopic (exact) mass is 479 g/mol. The van der Waals surface area contributed by atoms with Crippen LogP contribution in [0.25, 0.3) is 21.8 Å². The minimum absolute atomic E-state index is 0.0452. The molecule has 3 aromatic heterocycles. The lowest BCUT2D eigenvalue weighted by atomic mass is 9.89. The number of aromatic hydroxyl groups is 1. The van der Waals surface area contributed by atoms with Gasteiger partial charge >= 0.3 is 0 Å². The summed E-state index contributed by atoms with van der Waals surface area (Å²) in [7, 11) is 0. The molecule has 1 amide bonds. The molecule has 6 rings (SSSR count). The normalized spacial score (nSPS) is 14.2. The molecule has 1 aliphatic rings. The van der Waals surface area contributed by atoms with Gasteiger partial charge in [-0.15, -0.1) is 0 Å². The summed E-state index contributed by atoms with van der Waals surface area (Å²) in [5.41, 5.74) is 4.40. The number of fused-ring (bicyclic) bond motifs is 4. The number of aromatic nitrogens is 2. The summed E-state index contributed by atoms with van der Waals surface area (Å²) in [5, 5.41) is 12.8. The van der Waals surface area contributed by atoms with Crippen molar-refractivity contribution in [1.82, 2.24) is 14.9 Å². The molecule has 2 N–H and O–H groups in total. The maximum atomic E-state index is 13.7. The molecule has 0 spiro atoms. The number of hydrogen-bond acceptors (Lipinski definition) is 5. The molecule has 0 bridgehead atoms. The van der Waals surface area contributed by atoms with Crippen LogP contribution in [-0.2, 0) is 17.8 Å².